The summed E-state index contributed by atoms with van der Waals surface area (Å²) >= 11 is 0. The summed E-state index contributed by atoms with van der Waals surface area (Å²) in [6.07, 6.45) is 6.44. The highest BCUT2D eigenvalue weighted by Gasteiger charge is 2.39. The van der Waals surface area contributed by atoms with Crippen LogP contribution in [-0.4, -0.2) is 38.3 Å². The van der Waals surface area contributed by atoms with Gasteiger partial charge in [0.15, 0.2) is 0 Å². The number of nitrogens with one attached hydrogen (secondary N) is 1. The van der Waals surface area contributed by atoms with Gasteiger partial charge in [0.1, 0.15) is 0 Å². The zero-order chi connectivity index (χ0) is 15.6. The molecule has 1 aromatic carbocycles. The van der Waals surface area contributed by atoms with E-state index in [1.807, 2.05) is 18.2 Å². The van der Waals surface area contributed by atoms with Crippen molar-refractivity contribution in [1.82, 2.24) is 5.32 Å². The van der Waals surface area contributed by atoms with E-state index < -0.39 is 0 Å². The Bertz CT molecular complexity index is 568. The second kappa shape index (κ2) is 6.52. The highest BCUT2D eigenvalue weighted by molar-refractivity contribution is 6.00. The van der Waals surface area contributed by atoms with Crippen LogP contribution in [0.4, 0.5) is 5.69 Å². The van der Waals surface area contributed by atoms with Crippen LogP contribution in [0, 0.1) is 11.8 Å². The quantitative estimate of drug-likeness (QED) is 0.933. The molecular weight excluding hydrogens is 288 g/mol. The van der Waals surface area contributed by atoms with Gasteiger partial charge in [-0.15, -0.1) is 0 Å². The van der Waals surface area contributed by atoms with Gasteiger partial charge in [-0.2, -0.15) is 0 Å². The zero-order valence-electron chi connectivity index (χ0n) is 13.7. The molecule has 0 unspecified atom stereocenters. The maximum absolute atomic E-state index is 12.9. The molecular formula is C19H26N2O2. The number of anilines is 1. The van der Waals surface area contributed by atoms with Gasteiger partial charge in [0.2, 0.25) is 0 Å². The van der Waals surface area contributed by atoms with Gasteiger partial charge < -0.3 is 15.0 Å². The SMILES string of the molecule is O=C(N[C@H]1CC[C@@H]2CCC[C@@H]21)c1ccccc1N1CCOCC1. The molecule has 1 heterocycles. The van der Waals surface area contributed by atoms with Crippen molar-refractivity contribution in [2.45, 2.75) is 38.1 Å². The summed E-state index contributed by atoms with van der Waals surface area (Å²) in [6, 6.07) is 8.39. The van der Waals surface area contributed by atoms with Crippen molar-refractivity contribution in [3.63, 3.8) is 0 Å². The van der Waals surface area contributed by atoms with Gasteiger partial charge in [0.25, 0.3) is 5.91 Å². The number of hydrogen-bond acceptors (Lipinski definition) is 3. The fraction of sp³-hybridized carbons (Fsp3) is 0.632. The summed E-state index contributed by atoms with van der Waals surface area (Å²) in [5.41, 5.74) is 1.87. The molecule has 2 aliphatic carbocycles. The van der Waals surface area contributed by atoms with Crippen molar-refractivity contribution in [2.75, 3.05) is 31.2 Å². The molecule has 1 aliphatic heterocycles. The van der Waals surface area contributed by atoms with Crippen LogP contribution in [-0.2, 0) is 4.74 Å². The molecule has 4 rings (SSSR count). The van der Waals surface area contributed by atoms with E-state index in [2.05, 4.69) is 16.3 Å². The molecule has 124 valence electrons. The van der Waals surface area contributed by atoms with Crippen LogP contribution in [0.5, 0.6) is 0 Å². The normalized spacial score (nSPS) is 30.3. The molecule has 0 radical (unpaired) electrons. The van der Waals surface area contributed by atoms with Crippen molar-refractivity contribution in [1.29, 1.82) is 0 Å². The van der Waals surface area contributed by atoms with Crippen molar-refractivity contribution in [3.8, 4) is 0 Å². The average molecular weight is 314 g/mol. The molecule has 4 heteroatoms. The fourth-order valence-electron chi connectivity index (χ4n) is 4.73. The number of nitrogens with zero attached hydrogens (tertiary/aromatic N) is 1. The van der Waals surface area contributed by atoms with Crippen LogP contribution in [0.1, 0.15) is 42.5 Å². The minimum absolute atomic E-state index is 0.102. The molecule has 23 heavy (non-hydrogen) atoms. The number of ether oxygens (including phenoxy) is 1. The Morgan fingerprint density at radius 3 is 2.78 bits per heavy atom. The van der Waals surface area contributed by atoms with Crippen molar-refractivity contribution in [2.24, 2.45) is 11.8 Å². The number of morpholine rings is 1. The molecule has 3 atom stereocenters. The van der Waals surface area contributed by atoms with Crippen molar-refractivity contribution >= 4 is 11.6 Å². The number of rotatable bonds is 3. The maximum Gasteiger partial charge on any atom is 0.253 e. The van der Waals surface area contributed by atoms with E-state index >= 15 is 0 Å². The van der Waals surface area contributed by atoms with Gasteiger partial charge >= 0.3 is 0 Å². The van der Waals surface area contributed by atoms with Crippen LogP contribution in [0.3, 0.4) is 0 Å². The molecule has 3 aliphatic rings. The first kappa shape index (κ1) is 15.0. The number of hydrogen-bond donors (Lipinski definition) is 1. The van der Waals surface area contributed by atoms with E-state index in [0.717, 1.165) is 55.8 Å². The second-order valence-corrected chi connectivity index (χ2v) is 7.13. The topological polar surface area (TPSA) is 41.6 Å². The lowest BCUT2D eigenvalue weighted by Crippen LogP contribution is -2.40. The van der Waals surface area contributed by atoms with Crippen LogP contribution < -0.4 is 10.2 Å². The summed E-state index contributed by atoms with van der Waals surface area (Å²) < 4.78 is 5.43. The molecule has 4 nitrogen and oxygen atoms in total. The zero-order valence-corrected chi connectivity index (χ0v) is 13.7. The Balaban J connectivity index is 1.50. The van der Waals surface area contributed by atoms with Crippen LogP contribution in [0.15, 0.2) is 24.3 Å². The Kier molecular flexibility index (Phi) is 4.25. The summed E-state index contributed by atoms with van der Waals surface area (Å²) in [4.78, 5) is 15.2. The minimum Gasteiger partial charge on any atom is -0.378 e. The highest BCUT2D eigenvalue weighted by Crippen LogP contribution is 2.44. The highest BCUT2D eigenvalue weighted by atomic mass is 16.5. The number of carbonyl (C=O) groups is 1. The molecule has 1 N–H and O–H groups in total. The van der Waals surface area contributed by atoms with Crippen molar-refractivity contribution in [3.05, 3.63) is 29.8 Å². The van der Waals surface area contributed by atoms with E-state index in [4.69, 9.17) is 4.74 Å². The lowest BCUT2D eigenvalue weighted by atomic mass is 9.97. The van der Waals surface area contributed by atoms with Gasteiger partial charge in [-0.3, -0.25) is 4.79 Å². The molecule has 1 amide bonds. The van der Waals surface area contributed by atoms with E-state index in [0.29, 0.717) is 6.04 Å². The maximum atomic E-state index is 12.9. The third kappa shape index (κ3) is 2.97. The van der Waals surface area contributed by atoms with Crippen molar-refractivity contribution < 1.29 is 9.53 Å². The van der Waals surface area contributed by atoms with Crippen LogP contribution in [0.2, 0.25) is 0 Å². The van der Waals surface area contributed by atoms with E-state index in [1.165, 1.54) is 25.7 Å². The molecule has 0 spiro atoms. The van der Waals surface area contributed by atoms with Crippen LogP contribution >= 0.6 is 0 Å². The van der Waals surface area contributed by atoms with E-state index in [9.17, 15) is 4.79 Å². The number of para-hydroxylation sites is 1. The first-order valence-corrected chi connectivity index (χ1v) is 9.05. The molecule has 0 aromatic heterocycles. The molecule has 1 aromatic rings. The van der Waals surface area contributed by atoms with Gasteiger partial charge in [-0.1, -0.05) is 25.0 Å². The molecule has 2 saturated carbocycles. The summed E-state index contributed by atoms with van der Waals surface area (Å²) in [5.74, 6) is 1.67. The fourth-order valence-corrected chi connectivity index (χ4v) is 4.73. The Morgan fingerprint density at radius 2 is 1.91 bits per heavy atom. The predicted octanol–water partition coefficient (Wildman–Crippen LogP) is 2.83. The number of amides is 1. The Labute approximate surface area is 138 Å². The lowest BCUT2D eigenvalue weighted by Gasteiger charge is -2.30. The van der Waals surface area contributed by atoms with Gasteiger partial charge in [0, 0.05) is 24.8 Å². The summed E-state index contributed by atoms with van der Waals surface area (Å²) in [6.45, 7) is 3.20. The van der Waals surface area contributed by atoms with Gasteiger partial charge in [-0.05, 0) is 43.2 Å². The minimum atomic E-state index is 0.102. The average Bonchev–Trinajstić information content (AvgIpc) is 3.21. The monoisotopic (exact) mass is 314 g/mol. The first-order chi connectivity index (χ1) is 11.3. The predicted molar refractivity (Wildman–Crippen MR) is 90.8 cm³/mol. The molecule has 3 fully saturated rings. The van der Waals surface area contributed by atoms with E-state index in [1.54, 1.807) is 0 Å². The standard InChI is InChI=1S/C19H26N2O2/c22-19(20-17-9-8-14-4-3-6-15(14)17)16-5-1-2-7-18(16)21-10-12-23-13-11-21/h1-2,5,7,14-15,17H,3-4,6,8-13H2,(H,20,22)/t14-,15-,17-/m0/s1. The second-order valence-electron chi connectivity index (χ2n) is 7.13. The third-order valence-corrected chi connectivity index (χ3v) is 5.90. The first-order valence-electron chi connectivity index (χ1n) is 9.05. The number of fused-ring (bicyclic) bond motifs is 1. The summed E-state index contributed by atoms with van der Waals surface area (Å²) in [7, 11) is 0. The number of benzene rings is 1. The van der Waals surface area contributed by atoms with Crippen LogP contribution in [0.25, 0.3) is 0 Å². The Morgan fingerprint density at radius 1 is 1.09 bits per heavy atom. The third-order valence-electron chi connectivity index (χ3n) is 5.90. The Hall–Kier alpha value is -1.55. The lowest BCUT2D eigenvalue weighted by molar-refractivity contribution is 0.0925. The summed E-state index contributed by atoms with van der Waals surface area (Å²) in [5, 5.41) is 3.35. The smallest absolute Gasteiger partial charge is 0.253 e. The number of carbonyl (C=O) groups excluding carboxylic acids is 1. The molecule has 0 bridgehead atoms. The van der Waals surface area contributed by atoms with E-state index in [-0.39, 0.29) is 5.91 Å². The molecule has 1 saturated heterocycles. The largest absolute Gasteiger partial charge is 0.378 e. The van der Waals surface area contributed by atoms with Gasteiger partial charge in [-0.25, -0.2) is 0 Å². The van der Waals surface area contributed by atoms with Gasteiger partial charge in [0.05, 0.1) is 18.8 Å².